The van der Waals surface area contributed by atoms with E-state index in [1.54, 1.807) is 0 Å². The van der Waals surface area contributed by atoms with Crippen LogP contribution in [0.1, 0.15) is 35.2 Å². The molecule has 5 heteroatoms. The highest BCUT2D eigenvalue weighted by molar-refractivity contribution is 5.94. The van der Waals surface area contributed by atoms with Gasteiger partial charge in [-0.25, -0.2) is 0 Å². The Kier molecular flexibility index (Phi) is 7.55. The van der Waals surface area contributed by atoms with Crippen LogP contribution in [0.25, 0.3) is 23.1 Å². The van der Waals surface area contributed by atoms with Crippen molar-refractivity contribution in [3.05, 3.63) is 95.2 Å². The Balaban J connectivity index is 0.000000180. The largest absolute Gasteiger partial charge is 0.326 e. The molecule has 0 spiro atoms. The second-order valence-corrected chi connectivity index (χ2v) is 9.10. The summed E-state index contributed by atoms with van der Waals surface area (Å²) in [6, 6.07) is 24.7. The van der Waals surface area contributed by atoms with Crippen LogP contribution >= 0.6 is 0 Å². The lowest BCUT2D eigenvalue weighted by Crippen LogP contribution is -2.12. The van der Waals surface area contributed by atoms with Crippen LogP contribution in [0.5, 0.6) is 0 Å². The number of para-hydroxylation sites is 1. The van der Waals surface area contributed by atoms with Crippen molar-refractivity contribution in [2.75, 3.05) is 19.4 Å². The standard InChI is InChI=1S/C18H19N3.C11H13NO/c1-21(2)13-15-9-7-14(8-10-15)11-12-18-16-5-3-4-6-17(16)19-20-18;1-8-2-6-10(7-3-8)12-11(13)9-4-5-9/h3-12H,13H2,1-2H3,(H,19,20);2-3,6-7,9H,4-5H2,1H3,(H,12,13)/b12-11+;. The van der Waals surface area contributed by atoms with E-state index in [4.69, 9.17) is 0 Å². The van der Waals surface area contributed by atoms with Crippen LogP contribution in [0.4, 0.5) is 5.69 Å². The van der Waals surface area contributed by atoms with Gasteiger partial charge in [-0.05, 0) is 69.3 Å². The van der Waals surface area contributed by atoms with E-state index in [0.29, 0.717) is 0 Å². The molecular weight excluding hydrogens is 420 g/mol. The lowest BCUT2D eigenvalue weighted by molar-refractivity contribution is -0.117. The summed E-state index contributed by atoms with van der Waals surface area (Å²) < 4.78 is 0. The van der Waals surface area contributed by atoms with Crippen molar-refractivity contribution in [1.82, 2.24) is 15.1 Å². The summed E-state index contributed by atoms with van der Waals surface area (Å²) in [5.41, 5.74) is 6.67. The smallest absolute Gasteiger partial charge is 0.227 e. The number of carbonyl (C=O) groups is 1. The van der Waals surface area contributed by atoms with Crippen LogP contribution in [0.15, 0.2) is 72.8 Å². The lowest BCUT2D eigenvalue weighted by atomic mass is 10.1. The minimum Gasteiger partial charge on any atom is -0.326 e. The third-order valence-corrected chi connectivity index (χ3v) is 5.68. The van der Waals surface area contributed by atoms with Crippen LogP contribution in [0.3, 0.4) is 0 Å². The molecule has 1 heterocycles. The van der Waals surface area contributed by atoms with E-state index in [0.717, 1.165) is 41.7 Å². The quantitative estimate of drug-likeness (QED) is 0.369. The number of rotatable bonds is 6. The molecule has 1 amide bonds. The Morgan fingerprint density at radius 1 is 1.00 bits per heavy atom. The number of aromatic nitrogens is 2. The average molecular weight is 453 g/mol. The number of nitrogens with one attached hydrogen (secondary N) is 2. The molecule has 0 radical (unpaired) electrons. The predicted molar refractivity (Wildman–Crippen MR) is 141 cm³/mol. The fraction of sp³-hybridized carbons (Fsp3) is 0.241. The monoisotopic (exact) mass is 452 g/mol. The Bertz CT molecular complexity index is 1250. The number of benzene rings is 3. The number of amides is 1. The molecule has 174 valence electrons. The van der Waals surface area contributed by atoms with Crippen LogP contribution < -0.4 is 5.32 Å². The second-order valence-electron chi connectivity index (χ2n) is 9.10. The summed E-state index contributed by atoms with van der Waals surface area (Å²) in [6.45, 7) is 3.00. The van der Waals surface area contributed by atoms with Crippen LogP contribution in [-0.4, -0.2) is 35.1 Å². The Morgan fingerprint density at radius 3 is 2.38 bits per heavy atom. The number of aryl methyl sites for hydroxylation is 1. The fourth-order valence-electron chi connectivity index (χ4n) is 3.61. The maximum atomic E-state index is 11.3. The second kappa shape index (κ2) is 10.9. The molecular formula is C29H32N4O. The van der Waals surface area contributed by atoms with Gasteiger partial charge in [0.2, 0.25) is 5.91 Å². The van der Waals surface area contributed by atoms with Crippen LogP contribution in [0, 0.1) is 12.8 Å². The van der Waals surface area contributed by atoms with Crippen molar-refractivity contribution in [1.29, 1.82) is 0 Å². The molecule has 34 heavy (non-hydrogen) atoms. The van der Waals surface area contributed by atoms with E-state index < -0.39 is 0 Å². The van der Waals surface area contributed by atoms with E-state index in [2.05, 4.69) is 77.0 Å². The van der Waals surface area contributed by atoms with Gasteiger partial charge in [0.05, 0.1) is 11.2 Å². The van der Waals surface area contributed by atoms with Crippen molar-refractivity contribution in [3.8, 4) is 0 Å². The molecule has 2 N–H and O–H groups in total. The number of hydrogen-bond acceptors (Lipinski definition) is 3. The summed E-state index contributed by atoms with van der Waals surface area (Å²) in [5.74, 6) is 0.449. The van der Waals surface area contributed by atoms with Crippen LogP contribution in [0.2, 0.25) is 0 Å². The summed E-state index contributed by atoms with van der Waals surface area (Å²) in [7, 11) is 4.16. The molecule has 1 aromatic heterocycles. The van der Waals surface area contributed by atoms with Gasteiger partial charge in [0.1, 0.15) is 0 Å². The maximum absolute atomic E-state index is 11.3. The molecule has 1 aliphatic rings. The third kappa shape index (κ3) is 6.65. The van der Waals surface area contributed by atoms with Crippen molar-refractivity contribution in [2.45, 2.75) is 26.3 Å². The minimum absolute atomic E-state index is 0.170. The highest BCUT2D eigenvalue weighted by atomic mass is 16.2. The molecule has 5 rings (SSSR count). The summed E-state index contributed by atoms with van der Waals surface area (Å²) in [6.07, 6.45) is 6.26. The zero-order chi connectivity index (χ0) is 23.9. The van der Waals surface area contributed by atoms with Gasteiger partial charge >= 0.3 is 0 Å². The Hall–Kier alpha value is -3.70. The van der Waals surface area contributed by atoms with Crippen molar-refractivity contribution in [2.24, 2.45) is 5.92 Å². The van der Waals surface area contributed by atoms with E-state index in [9.17, 15) is 4.79 Å². The highest BCUT2D eigenvalue weighted by Crippen LogP contribution is 2.30. The Morgan fingerprint density at radius 2 is 1.71 bits per heavy atom. The first-order valence-electron chi connectivity index (χ1n) is 11.7. The van der Waals surface area contributed by atoms with Crippen molar-refractivity contribution in [3.63, 3.8) is 0 Å². The molecule has 0 saturated heterocycles. The molecule has 0 atom stereocenters. The van der Waals surface area contributed by atoms with Crippen molar-refractivity contribution >= 4 is 34.6 Å². The van der Waals surface area contributed by atoms with Crippen molar-refractivity contribution < 1.29 is 4.79 Å². The highest BCUT2D eigenvalue weighted by Gasteiger charge is 2.29. The Labute approximate surface area is 201 Å². The number of hydrogen-bond donors (Lipinski definition) is 2. The van der Waals surface area contributed by atoms with E-state index in [1.807, 2.05) is 49.4 Å². The average Bonchev–Trinajstić information content (AvgIpc) is 3.61. The first-order valence-corrected chi connectivity index (χ1v) is 11.7. The summed E-state index contributed by atoms with van der Waals surface area (Å²) in [5, 5.41) is 11.4. The fourth-order valence-corrected chi connectivity index (χ4v) is 3.61. The molecule has 0 bridgehead atoms. The molecule has 1 fully saturated rings. The number of aromatic amines is 1. The van der Waals surface area contributed by atoms with Gasteiger partial charge in [-0.2, -0.15) is 5.10 Å². The maximum Gasteiger partial charge on any atom is 0.227 e. The summed E-state index contributed by atoms with van der Waals surface area (Å²) >= 11 is 0. The SMILES string of the molecule is CN(C)Cc1ccc(/C=C/c2n[nH]c3ccccc23)cc1.Cc1ccc(NC(=O)C2CC2)cc1. The molecule has 0 unspecified atom stereocenters. The normalized spacial score (nSPS) is 13.2. The molecule has 4 aromatic rings. The summed E-state index contributed by atoms with van der Waals surface area (Å²) in [4.78, 5) is 13.5. The van der Waals surface area contributed by atoms with E-state index in [1.165, 1.54) is 16.7 Å². The zero-order valence-corrected chi connectivity index (χ0v) is 20.1. The first kappa shape index (κ1) is 23.5. The first-order chi connectivity index (χ1) is 16.5. The molecule has 5 nitrogen and oxygen atoms in total. The number of nitrogens with zero attached hydrogens (tertiary/aromatic N) is 2. The number of H-pyrrole nitrogens is 1. The van der Waals surface area contributed by atoms with E-state index >= 15 is 0 Å². The van der Waals surface area contributed by atoms with Gasteiger partial charge in [-0.15, -0.1) is 0 Å². The molecule has 1 aliphatic carbocycles. The number of carbonyl (C=O) groups excluding carboxylic acids is 1. The predicted octanol–water partition coefficient (Wildman–Crippen LogP) is 6.14. The zero-order valence-electron chi connectivity index (χ0n) is 20.1. The number of anilines is 1. The number of fused-ring (bicyclic) bond motifs is 1. The van der Waals surface area contributed by atoms with Gasteiger partial charge in [-0.3, -0.25) is 9.89 Å². The third-order valence-electron chi connectivity index (χ3n) is 5.68. The topological polar surface area (TPSA) is 61.0 Å². The molecule has 3 aromatic carbocycles. The van der Waals surface area contributed by atoms with E-state index in [-0.39, 0.29) is 11.8 Å². The molecule has 1 saturated carbocycles. The van der Waals surface area contributed by atoms with Gasteiger partial charge in [0.15, 0.2) is 0 Å². The van der Waals surface area contributed by atoms with Gasteiger partial charge in [0.25, 0.3) is 0 Å². The lowest BCUT2D eigenvalue weighted by Gasteiger charge is -2.09. The van der Waals surface area contributed by atoms with Gasteiger partial charge < -0.3 is 10.2 Å². The van der Waals surface area contributed by atoms with Gasteiger partial charge in [0, 0.05) is 23.5 Å². The molecule has 0 aliphatic heterocycles. The minimum atomic E-state index is 0.170. The van der Waals surface area contributed by atoms with Gasteiger partial charge in [-0.1, -0.05) is 66.2 Å². The van der Waals surface area contributed by atoms with Crippen LogP contribution in [-0.2, 0) is 11.3 Å².